The minimum Gasteiger partial charge on any atom is -0.496 e. The number of nitrogens with zero attached hydrogens (tertiary/aromatic N) is 2. The predicted octanol–water partition coefficient (Wildman–Crippen LogP) is 3.56. The van der Waals surface area contributed by atoms with Gasteiger partial charge in [-0.2, -0.15) is 0 Å². The molecule has 0 unspecified atom stereocenters. The number of aryl methyl sites for hydroxylation is 2. The lowest BCUT2D eigenvalue weighted by molar-refractivity contribution is -0.131. The van der Waals surface area contributed by atoms with E-state index in [0.717, 1.165) is 46.0 Å². The number of piperidine rings is 1. The molecular weight excluding hydrogens is 386 g/mol. The van der Waals surface area contributed by atoms with Crippen LogP contribution in [0.1, 0.15) is 40.6 Å². The van der Waals surface area contributed by atoms with Gasteiger partial charge in [0, 0.05) is 29.4 Å². The van der Waals surface area contributed by atoms with Gasteiger partial charge >= 0.3 is 0 Å². The molecule has 1 aliphatic rings. The number of carbonyl (C=O) groups excluding carboxylic acids is 1. The highest BCUT2D eigenvalue weighted by Crippen LogP contribution is 2.30. The predicted molar refractivity (Wildman–Crippen MR) is 115 cm³/mol. The van der Waals surface area contributed by atoms with Crippen LogP contribution in [0.25, 0.3) is 10.2 Å². The number of carbonyl (C=O) groups is 1. The summed E-state index contributed by atoms with van der Waals surface area (Å²) in [6.07, 6.45) is 2.12. The Bertz CT molecular complexity index is 1120. The molecule has 1 saturated heterocycles. The van der Waals surface area contributed by atoms with Gasteiger partial charge in [-0.1, -0.05) is 18.2 Å². The van der Waals surface area contributed by atoms with Crippen LogP contribution < -0.4 is 10.3 Å². The first-order valence-electron chi connectivity index (χ1n) is 9.87. The Kier molecular flexibility index (Phi) is 5.41. The Balaban J connectivity index is 1.54. The number of nitrogens with one attached hydrogen (secondary N) is 1. The number of rotatable bonds is 4. The van der Waals surface area contributed by atoms with E-state index in [-0.39, 0.29) is 17.4 Å². The number of amides is 1. The second-order valence-electron chi connectivity index (χ2n) is 7.58. The number of ether oxygens (including phenoxy) is 1. The Morgan fingerprint density at radius 2 is 2.14 bits per heavy atom. The van der Waals surface area contributed by atoms with Crippen molar-refractivity contribution in [3.05, 3.63) is 56.4 Å². The standard InChI is InChI=1S/C22H25N3O3S/c1-13-14(2)29-22-19(13)21(27)23-20(24-22)16-8-6-10-25(12-16)18(26)11-15-7-4-5-9-17(15)28-3/h4-5,7,9,16H,6,8,10-12H2,1-3H3,(H,23,24,27)/t16-/m0/s1. The van der Waals surface area contributed by atoms with Crippen molar-refractivity contribution >= 4 is 27.5 Å². The third-order valence-corrected chi connectivity index (χ3v) is 6.85. The number of fused-ring (bicyclic) bond motifs is 1. The highest BCUT2D eigenvalue weighted by atomic mass is 32.1. The summed E-state index contributed by atoms with van der Waals surface area (Å²) in [7, 11) is 1.62. The van der Waals surface area contributed by atoms with Crippen LogP contribution in [0.5, 0.6) is 5.75 Å². The summed E-state index contributed by atoms with van der Waals surface area (Å²) in [5, 5.41) is 0.691. The number of hydrogen-bond donors (Lipinski definition) is 1. The summed E-state index contributed by atoms with van der Waals surface area (Å²) in [6.45, 7) is 5.28. The van der Waals surface area contributed by atoms with Gasteiger partial charge in [-0.15, -0.1) is 11.3 Å². The largest absolute Gasteiger partial charge is 0.496 e. The van der Waals surface area contributed by atoms with Crippen LogP contribution in [0.15, 0.2) is 29.1 Å². The molecule has 1 N–H and O–H groups in total. The second kappa shape index (κ2) is 7.99. The molecule has 3 aromatic rings. The van der Waals surface area contributed by atoms with E-state index in [4.69, 9.17) is 9.72 Å². The maximum Gasteiger partial charge on any atom is 0.259 e. The zero-order chi connectivity index (χ0) is 20.5. The average molecular weight is 412 g/mol. The van der Waals surface area contributed by atoms with Crippen molar-refractivity contribution in [3.8, 4) is 5.75 Å². The highest BCUT2D eigenvalue weighted by molar-refractivity contribution is 7.18. The first-order valence-corrected chi connectivity index (χ1v) is 10.7. The number of aromatic amines is 1. The first kappa shape index (κ1) is 19.6. The van der Waals surface area contributed by atoms with Gasteiger partial charge in [0.25, 0.3) is 5.56 Å². The number of thiophene rings is 1. The molecule has 4 rings (SSSR count). The van der Waals surface area contributed by atoms with Gasteiger partial charge in [0.05, 0.1) is 18.9 Å². The summed E-state index contributed by atoms with van der Waals surface area (Å²) in [6, 6.07) is 7.61. The molecule has 152 valence electrons. The molecule has 1 aromatic carbocycles. The van der Waals surface area contributed by atoms with E-state index in [2.05, 4.69) is 4.98 Å². The summed E-state index contributed by atoms with van der Waals surface area (Å²) in [5.74, 6) is 1.54. The van der Waals surface area contributed by atoms with Crippen LogP contribution >= 0.6 is 11.3 Å². The topological polar surface area (TPSA) is 75.3 Å². The molecule has 2 aromatic heterocycles. The summed E-state index contributed by atoms with van der Waals surface area (Å²) >= 11 is 1.56. The number of likely N-dealkylation sites (tertiary alicyclic amines) is 1. The zero-order valence-electron chi connectivity index (χ0n) is 16.9. The quantitative estimate of drug-likeness (QED) is 0.712. The van der Waals surface area contributed by atoms with Crippen molar-refractivity contribution in [1.82, 2.24) is 14.9 Å². The van der Waals surface area contributed by atoms with Gasteiger partial charge in [-0.05, 0) is 38.3 Å². The Morgan fingerprint density at radius 3 is 2.93 bits per heavy atom. The van der Waals surface area contributed by atoms with E-state index >= 15 is 0 Å². The number of para-hydroxylation sites is 1. The third-order valence-electron chi connectivity index (χ3n) is 5.75. The molecule has 0 radical (unpaired) electrons. The van der Waals surface area contributed by atoms with E-state index in [9.17, 15) is 9.59 Å². The average Bonchev–Trinajstić information content (AvgIpc) is 3.02. The molecule has 0 aliphatic carbocycles. The van der Waals surface area contributed by atoms with Crippen molar-refractivity contribution in [2.75, 3.05) is 20.2 Å². The van der Waals surface area contributed by atoms with E-state index in [0.29, 0.717) is 24.2 Å². The van der Waals surface area contributed by atoms with Gasteiger partial charge in [0.2, 0.25) is 5.91 Å². The van der Waals surface area contributed by atoms with Crippen molar-refractivity contribution in [2.24, 2.45) is 0 Å². The minimum atomic E-state index is -0.0793. The van der Waals surface area contributed by atoms with Gasteiger partial charge < -0.3 is 14.6 Å². The van der Waals surface area contributed by atoms with Gasteiger partial charge in [0.1, 0.15) is 16.4 Å². The second-order valence-corrected chi connectivity index (χ2v) is 8.79. The van der Waals surface area contributed by atoms with Gasteiger partial charge in [-0.3, -0.25) is 9.59 Å². The summed E-state index contributed by atoms with van der Waals surface area (Å²) in [4.78, 5) is 37.1. The normalized spacial score (nSPS) is 16.9. The number of hydrogen-bond acceptors (Lipinski definition) is 5. The molecule has 29 heavy (non-hydrogen) atoms. The van der Waals surface area contributed by atoms with Crippen LogP contribution in [0.2, 0.25) is 0 Å². The lowest BCUT2D eigenvalue weighted by atomic mass is 9.96. The first-order chi connectivity index (χ1) is 14.0. The smallest absolute Gasteiger partial charge is 0.259 e. The molecule has 0 spiro atoms. The highest BCUT2D eigenvalue weighted by Gasteiger charge is 2.27. The van der Waals surface area contributed by atoms with Crippen molar-refractivity contribution in [2.45, 2.75) is 39.0 Å². The van der Waals surface area contributed by atoms with Crippen LogP contribution in [-0.4, -0.2) is 41.0 Å². The number of benzene rings is 1. The van der Waals surface area contributed by atoms with E-state index in [1.165, 1.54) is 0 Å². The number of H-pyrrole nitrogens is 1. The fourth-order valence-corrected chi connectivity index (χ4v) is 5.05. The SMILES string of the molecule is COc1ccccc1CC(=O)N1CCC[C@H](c2nc3sc(C)c(C)c3c(=O)[nH]2)C1. The van der Waals surface area contributed by atoms with E-state index in [1.54, 1.807) is 18.4 Å². The lowest BCUT2D eigenvalue weighted by Gasteiger charge is -2.32. The molecule has 1 aliphatic heterocycles. The van der Waals surface area contributed by atoms with Gasteiger partial charge in [0.15, 0.2) is 0 Å². The van der Waals surface area contributed by atoms with Crippen molar-refractivity contribution < 1.29 is 9.53 Å². The molecule has 1 atom stereocenters. The number of methoxy groups -OCH3 is 1. The monoisotopic (exact) mass is 411 g/mol. The zero-order valence-corrected chi connectivity index (χ0v) is 17.8. The fourth-order valence-electron chi connectivity index (χ4n) is 4.02. The van der Waals surface area contributed by atoms with Crippen LogP contribution in [0.3, 0.4) is 0 Å². The molecular formula is C22H25N3O3S. The van der Waals surface area contributed by atoms with E-state index in [1.807, 2.05) is 43.0 Å². The lowest BCUT2D eigenvalue weighted by Crippen LogP contribution is -2.40. The summed E-state index contributed by atoms with van der Waals surface area (Å²) in [5.41, 5.74) is 1.81. The van der Waals surface area contributed by atoms with Crippen LogP contribution in [0, 0.1) is 13.8 Å². The van der Waals surface area contributed by atoms with Gasteiger partial charge in [-0.25, -0.2) is 4.98 Å². The molecule has 3 heterocycles. The van der Waals surface area contributed by atoms with E-state index < -0.39 is 0 Å². The maximum atomic E-state index is 12.9. The Labute approximate surface area is 173 Å². The molecule has 0 saturated carbocycles. The van der Waals surface area contributed by atoms with Crippen molar-refractivity contribution in [3.63, 3.8) is 0 Å². The molecule has 1 fully saturated rings. The molecule has 7 heteroatoms. The minimum absolute atomic E-state index is 0.0465. The van der Waals surface area contributed by atoms with Crippen molar-refractivity contribution in [1.29, 1.82) is 0 Å². The maximum absolute atomic E-state index is 12.9. The van der Waals surface area contributed by atoms with Crippen LogP contribution in [0.4, 0.5) is 0 Å². The fraction of sp³-hybridized carbons (Fsp3) is 0.409. The molecule has 0 bridgehead atoms. The molecule has 1 amide bonds. The number of aromatic nitrogens is 2. The summed E-state index contributed by atoms with van der Waals surface area (Å²) < 4.78 is 5.37. The Morgan fingerprint density at radius 1 is 1.34 bits per heavy atom. The Hall–Kier alpha value is -2.67. The molecule has 6 nitrogen and oxygen atoms in total. The third kappa shape index (κ3) is 3.79. The van der Waals surface area contributed by atoms with Crippen LogP contribution in [-0.2, 0) is 11.2 Å².